The van der Waals surface area contributed by atoms with Gasteiger partial charge in [-0.3, -0.25) is 4.98 Å². The number of nitrogens with one attached hydrogen (secondary N) is 1. The van der Waals surface area contributed by atoms with Gasteiger partial charge in [-0.25, -0.2) is 9.18 Å². The molecular weight excluding hydrogens is 330 g/mol. The van der Waals surface area contributed by atoms with E-state index in [0.29, 0.717) is 11.3 Å². The van der Waals surface area contributed by atoms with Gasteiger partial charge in [0.1, 0.15) is 11.6 Å². The number of benzene rings is 2. The van der Waals surface area contributed by atoms with Crippen LogP contribution >= 0.6 is 0 Å². The number of methoxy groups -OCH3 is 1. The Morgan fingerprint density at radius 3 is 2.62 bits per heavy atom. The summed E-state index contributed by atoms with van der Waals surface area (Å²) < 4.78 is 19.7. The van der Waals surface area contributed by atoms with Gasteiger partial charge in [0, 0.05) is 6.20 Å². The molecule has 0 atom stereocenters. The standard InChI is InChI=1S/C19H15FN2O3.Li.H/c1-25-14-4-2-3-12(9-14)13-5-6-17(16(20)10-13)22-18-11-21-8-7-15(18)19(23)24;;/h2-11,22H,1H3,(H,23,24);;/q;+1;-1. The van der Waals surface area contributed by atoms with Crippen LogP contribution in [0, 0.1) is 5.82 Å². The summed E-state index contributed by atoms with van der Waals surface area (Å²) in [6, 6.07) is 13.3. The van der Waals surface area contributed by atoms with Crippen molar-refractivity contribution in [2.75, 3.05) is 12.4 Å². The van der Waals surface area contributed by atoms with E-state index in [-0.39, 0.29) is 37.2 Å². The maximum Gasteiger partial charge on any atom is 1.00 e. The molecule has 2 aromatic carbocycles. The average molecular weight is 346 g/mol. The number of aromatic carboxylic acids is 1. The molecule has 26 heavy (non-hydrogen) atoms. The molecule has 2 N–H and O–H groups in total. The molecule has 0 amide bonds. The Hall–Kier alpha value is -2.81. The molecule has 0 bridgehead atoms. The number of ether oxygens (including phenoxy) is 1. The van der Waals surface area contributed by atoms with Crippen molar-refractivity contribution in [1.29, 1.82) is 0 Å². The Morgan fingerprint density at radius 2 is 1.92 bits per heavy atom. The maximum absolute atomic E-state index is 14.5. The zero-order valence-corrected chi connectivity index (χ0v) is 14.4. The van der Waals surface area contributed by atoms with E-state index in [4.69, 9.17) is 4.74 Å². The molecule has 3 aromatic rings. The molecule has 0 unspecified atom stereocenters. The smallest absolute Gasteiger partial charge is 1.00 e. The zero-order chi connectivity index (χ0) is 17.8. The van der Waals surface area contributed by atoms with Crippen LogP contribution in [0.25, 0.3) is 11.1 Å². The van der Waals surface area contributed by atoms with Gasteiger partial charge in [0.2, 0.25) is 0 Å². The van der Waals surface area contributed by atoms with E-state index in [2.05, 4.69) is 10.3 Å². The van der Waals surface area contributed by atoms with Crippen molar-refractivity contribution >= 4 is 17.3 Å². The monoisotopic (exact) mass is 346 g/mol. The summed E-state index contributed by atoms with van der Waals surface area (Å²) >= 11 is 0. The molecule has 0 spiro atoms. The number of halogens is 1. The fourth-order valence-electron chi connectivity index (χ4n) is 2.42. The minimum atomic E-state index is -1.11. The number of nitrogens with zero attached hydrogens (tertiary/aromatic N) is 1. The van der Waals surface area contributed by atoms with Gasteiger partial charge in [0.25, 0.3) is 0 Å². The largest absolute Gasteiger partial charge is 1.00 e. The van der Waals surface area contributed by atoms with Crippen LogP contribution in [-0.2, 0) is 0 Å². The van der Waals surface area contributed by atoms with Crippen LogP contribution in [0.3, 0.4) is 0 Å². The van der Waals surface area contributed by atoms with Crippen molar-refractivity contribution in [2.45, 2.75) is 0 Å². The van der Waals surface area contributed by atoms with Crippen molar-refractivity contribution in [3.63, 3.8) is 0 Å². The number of rotatable bonds is 5. The summed E-state index contributed by atoms with van der Waals surface area (Å²) in [6.45, 7) is 0. The molecular formula is C19H16FLiN2O3. The number of hydrogen-bond acceptors (Lipinski definition) is 4. The Labute approximate surface area is 163 Å². The number of carboxylic acid groups (broad SMARTS) is 1. The van der Waals surface area contributed by atoms with Crippen LogP contribution < -0.4 is 28.9 Å². The van der Waals surface area contributed by atoms with E-state index >= 15 is 0 Å². The predicted molar refractivity (Wildman–Crippen MR) is 94.0 cm³/mol. The van der Waals surface area contributed by atoms with Crippen molar-refractivity contribution in [2.24, 2.45) is 0 Å². The third-order valence-corrected chi connectivity index (χ3v) is 3.69. The minimum Gasteiger partial charge on any atom is -1.00 e. The first kappa shape index (κ1) is 19.5. The fourth-order valence-corrected chi connectivity index (χ4v) is 2.42. The molecule has 0 aliphatic heterocycles. The number of anilines is 2. The van der Waals surface area contributed by atoms with E-state index in [1.807, 2.05) is 24.3 Å². The molecule has 0 radical (unpaired) electrons. The third kappa shape index (κ3) is 4.23. The second-order valence-electron chi connectivity index (χ2n) is 5.28. The first-order chi connectivity index (χ1) is 12.1. The second-order valence-corrected chi connectivity index (χ2v) is 5.28. The first-order valence-corrected chi connectivity index (χ1v) is 7.47. The zero-order valence-electron chi connectivity index (χ0n) is 15.4. The van der Waals surface area contributed by atoms with E-state index in [1.54, 1.807) is 19.2 Å². The van der Waals surface area contributed by atoms with Gasteiger partial charge < -0.3 is 16.6 Å². The first-order valence-electron chi connectivity index (χ1n) is 7.47. The van der Waals surface area contributed by atoms with Crippen molar-refractivity contribution in [3.8, 4) is 16.9 Å². The summed E-state index contributed by atoms with van der Waals surface area (Å²) in [5, 5.41) is 12.0. The van der Waals surface area contributed by atoms with Crippen LogP contribution in [0.2, 0.25) is 0 Å². The molecule has 0 saturated heterocycles. The summed E-state index contributed by atoms with van der Waals surface area (Å²) in [5.74, 6) is -0.930. The van der Waals surface area contributed by atoms with Crippen molar-refractivity contribution in [1.82, 2.24) is 4.98 Å². The quantitative estimate of drug-likeness (QED) is 0.685. The molecule has 1 aromatic heterocycles. The summed E-state index contributed by atoms with van der Waals surface area (Å²) in [6.07, 6.45) is 2.72. The molecule has 0 aliphatic rings. The summed E-state index contributed by atoms with van der Waals surface area (Å²) in [5.41, 5.74) is 1.92. The number of carboxylic acids is 1. The Bertz CT molecular complexity index is 940. The molecule has 7 heteroatoms. The minimum absolute atomic E-state index is 0. The van der Waals surface area contributed by atoms with Gasteiger partial charge in [-0.2, -0.15) is 0 Å². The van der Waals surface area contributed by atoms with E-state index in [0.717, 1.165) is 5.56 Å². The molecule has 3 rings (SSSR count). The number of aromatic nitrogens is 1. The van der Waals surface area contributed by atoms with Gasteiger partial charge in [-0.1, -0.05) is 18.2 Å². The number of carbonyl (C=O) groups is 1. The molecule has 1 heterocycles. The van der Waals surface area contributed by atoms with Gasteiger partial charge in [0.15, 0.2) is 0 Å². The average Bonchev–Trinajstić information content (AvgIpc) is 2.63. The Kier molecular flexibility index (Phi) is 6.40. The van der Waals surface area contributed by atoms with Crippen molar-refractivity contribution in [3.05, 3.63) is 72.3 Å². The third-order valence-electron chi connectivity index (χ3n) is 3.69. The van der Waals surface area contributed by atoms with Crippen LogP contribution in [0.1, 0.15) is 11.8 Å². The van der Waals surface area contributed by atoms with Crippen LogP contribution in [-0.4, -0.2) is 23.2 Å². The van der Waals surface area contributed by atoms with Gasteiger partial charge >= 0.3 is 24.8 Å². The van der Waals surface area contributed by atoms with E-state index < -0.39 is 11.8 Å². The molecule has 5 nitrogen and oxygen atoms in total. The van der Waals surface area contributed by atoms with Gasteiger partial charge in [0.05, 0.1) is 30.2 Å². The van der Waals surface area contributed by atoms with Gasteiger partial charge in [-0.15, -0.1) is 0 Å². The maximum atomic E-state index is 14.5. The SMILES string of the molecule is COc1cccc(-c2ccc(Nc3cnccc3C(=O)O)c(F)c2)c1.[H-].[Li+]. The Morgan fingerprint density at radius 1 is 1.15 bits per heavy atom. The summed E-state index contributed by atoms with van der Waals surface area (Å²) in [7, 11) is 1.57. The summed E-state index contributed by atoms with van der Waals surface area (Å²) in [4.78, 5) is 15.1. The molecule has 0 saturated carbocycles. The van der Waals surface area contributed by atoms with Crippen LogP contribution in [0.5, 0.6) is 5.75 Å². The van der Waals surface area contributed by atoms with Crippen LogP contribution in [0.4, 0.5) is 15.8 Å². The van der Waals surface area contributed by atoms with E-state index in [1.165, 1.54) is 24.5 Å². The normalized spacial score (nSPS) is 9.92. The van der Waals surface area contributed by atoms with Crippen LogP contribution in [0.15, 0.2) is 60.9 Å². The molecule has 128 valence electrons. The number of pyridine rings is 1. The topological polar surface area (TPSA) is 71.5 Å². The van der Waals surface area contributed by atoms with Crippen molar-refractivity contribution < 1.29 is 39.3 Å². The second kappa shape index (κ2) is 8.52. The Balaban J connectivity index is 0.00000182. The predicted octanol–water partition coefficient (Wildman–Crippen LogP) is 1.45. The number of hydrogen-bond donors (Lipinski definition) is 2. The van der Waals surface area contributed by atoms with E-state index in [9.17, 15) is 14.3 Å². The molecule has 0 fully saturated rings. The molecule has 0 aliphatic carbocycles. The fraction of sp³-hybridized carbons (Fsp3) is 0.0526. The van der Waals surface area contributed by atoms with Gasteiger partial charge in [-0.05, 0) is 41.5 Å².